The number of anilines is 2. The van der Waals surface area contributed by atoms with Gasteiger partial charge in [-0.2, -0.15) is 0 Å². The quantitative estimate of drug-likeness (QED) is 0.758. The maximum atomic E-state index is 13.0. The Bertz CT molecular complexity index is 906. The lowest BCUT2D eigenvalue weighted by atomic mass is 10.1. The Morgan fingerprint density at radius 3 is 2.39 bits per heavy atom. The third kappa shape index (κ3) is 4.24. The van der Waals surface area contributed by atoms with E-state index in [1.165, 1.54) is 18.4 Å². The molecular weight excluding hydrogens is 388 g/mol. The van der Waals surface area contributed by atoms with Crippen molar-refractivity contribution in [2.45, 2.75) is 44.8 Å². The highest BCUT2D eigenvalue weighted by atomic mass is 16.2. The Hall–Kier alpha value is -2.67. The first-order chi connectivity index (χ1) is 15.2. The molecule has 3 heterocycles. The van der Waals surface area contributed by atoms with E-state index in [1.54, 1.807) is 6.33 Å². The maximum Gasteiger partial charge on any atom is 0.242 e. The summed E-state index contributed by atoms with van der Waals surface area (Å²) in [5.74, 6) is 2.13. The molecule has 2 aliphatic heterocycles. The lowest BCUT2D eigenvalue weighted by Gasteiger charge is -2.37. The molecule has 1 aliphatic carbocycles. The van der Waals surface area contributed by atoms with Crippen LogP contribution in [0.25, 0.3) is 0 Å². The molecule has 0 unspecified atom stereocenters. The molecule has 3 aliphatic rings. The van der Waals surface area contributed by atoms with Gasteiger partial charge >= 0.3 is 0 Å². The van der Waals surface area contributed by atoms with Crippen LogP contribution in [0.4, 0.5) is 11.6 Å². The number of nitrogens with zero attached hydrogens (tertiary/aromatic N) is 6. The third-order valence-electron chi connectivity index (χ3n) is 6.97. The molecule has 31 heavy (non-hydrogen) atoms. The molecule has 1 aromatic carbocycles. The van der Waals surface area contributed by atoms with Gasteiger partial charge in [0.2, 0.25) is 5.91 Å². The maximum absolute atomic E-state index is 13.0. The van der Waals surface area contributed by atoms with Crippen LogP contribution in [0.3, 0.4) is 0 Å². The van der Waals surface area contributed by atoms with Crippen LogP contribution in [-0.4, -0.2) is 71.5 Å². The second-order valence-corrected chi connectivity index (χ2v) is 9.06. The molecule has 1 saturated heterocycles. The van der Waals surface area contributed by atoms with E-state index in [9.17, 15) is 4.79 Å². The van der Waals surface area contributed by atoms with Gasteiger partial charge in [-0.1, -0.05) is 43.2 Å². The highest BCUT2D eigenvalue weighted by molar-refractivity contribution is 5.84. The summed E-state index contributed by atoms with van der Waals surface area (Å²) in [6.45, 7) is 5.91. The van der Waals surface area contributed by atoms with Gasteiger partial charge in [0.05, 0.1) is 18.7 Å². The van der Waals surface area contributed by atoms with Crippen molar-refractivity contribution >= 4 is 17.5 Å². The van der Waals surface area contributed by atoms with Gasteiger partial charge in [-0.25, -0.2) is 9.97 Å². The average molecular weight is 421 g/mol. The molecular formula is C24H32N6O. The van der Waals surface area contributed by atoms with Crippen molar-refractivity contribution in [1.29, 1.82) is 0 Å². The first-order valence-electron chi connectivity index (χ1n) is 11.5. The minimum atomic E-state index is 0.214. The molecule has 2 fully saturated rings. The predicted molar refractivity (Wildman–Crippen MR) is 122 cm³/mol. The fraction of sp³-hybridized carbons (Fsp3) is 0.542. The monoisotopic (exact) mass is 420 g/mol. The number of carbonyl (C=O) groups excluding carboxylic acids is 1. The summed E-state index contributed by atoms with van der Waals surface area (Å²) in [7, 11) is 1.98. The van der Waals surface area contributed by atoms with Gasteiger partial charge in [0.1, 0.15) is 18.0 Å². The van der Waals surface area contributed by atoms with Crippen molar-refractivity contribution in [3.8, 4) is 0 Å². The summed E-state index contributed by atoms with van der Waals surface area (Å²) < 4.78 is 0. The van der Waals surface area contributed by atoms with Gasteiger partial charge in [0.25, 0.3) is 0 Å². The molecule has 1 saturated carbocycles. The average Bonchev–Trinajstić information content (AvgIpc) is 3.29. The van der Waals surface area contributed by atoms with Crippen molar-refractivity contribution in [3.05, 3.63) is 47.8 Å². The fourth-order valence-corrected chi connectivity index (χ4v) is 5.27. The number of hydrogen-bond acceptors (Lipinski definition) is 6. The molecule has 7 nitrogen and oxygen atoms in total. The van der Waals surface area contributed by atoms with Crippen LogP contribution >= 0.6 is 0 Å². The molecule has 0 radical (unpaired) electrons. The summed E-state index contributed by atoms with van der Waals surface area (Å²) in [6, 6.07) is 11.0. The molecule has 2 aromatic rings. The Morgan fingerprint density at radius 1 is 0.935 bits per heavy atom. The Morgan fingerprint density at radius 2 is 1.65 bits per heavy atom. The molecule has 0 spiro atoms. The number of aromatic nitrogens is 2. The molecule has 0 atom stereocenters. The van der Waals surface area contributed by atoms with E-state index in [-0.39, 0.29) is 5.91 Å². The summed E-state index contributed by atoms with van der Waals surface area (Å²) >= 11 is 0. The normalized spacial score (nSPS) is 20.8. The second kappa shape index (κ2) is 8.83. The van der Waals surface area contributed by atoms with E-state index in [2.05, 4.69) is 50.0 Å². The van der Waals surface area contributed by atoms with Crippen molar-refractivity contribution in [2.24, 2.45) is 0 Å². The van der Waals surface area contributed by atoms with E-state index in [0.717, 1.165) is 62.8 Å². The standard InChI is InChI=1S/C24H32N6O/c1-27-17-22(31)30(20-9-5-6-10-20)16-21-23(27)25-18-26-24(21)29-13-11-28(12-14-29)15-19-7-3-2-4-8-19/h2-4,7-8,18,20H,5-6,9-17H2,1H3. The topological polar surface area (TPSA) is 55.8 Å². The van der Waals surface area contributed by atoms with Crippen LogP contribution < -0.4 is 9.80 Å². The number of hydrogen-bond donors (Lipinski definition) is 0. The Kier molecular flexibility index (Phi) is 5.76. The number of rotatable bonds is 4. The van der Waals surface area contributed by atoms with Crippen LogP contribution in [0, 0.1) is 0 Å². The first-order valence-corrected chi connectivity index (χ1v) is 11.5. The van der Waals surface area contributed by atoms with Crippen molar-refractivity contribution in [2.75, 3.05) is 49.6 Å². The largest absolute Gasteiger partial charge is 0.354 e. The zero-order valence-corrected chi connectivity index (χ0v) is 18.4. The molecule has 0 bridgehead atoms. The van der Waals surface area contributed by atoms with Crippen LogP contribution in [-0.2, 0) is 17.9 Å². The summed E-state index contributed by atoms with van der Waals surface area (Å²) in [4.78, 5) is 31.3. The minimum Gasteiger partial charge on any atom is -0.354 e. The van der Waals surface area contributed by atoms with Crippen LogP contribution in [0.15, 0.2) is 36.7 Å². The molecule has 0 N–H and O–H groups in total. The smallest absolute Gasteiger partial charge is 0.242 e. The number of benzene rings is 1. The lowest BCUT2D eigenvalue weighted by molar-refractivity contribution is -0.132. The number of piperazine rings is 1. The summed E-state index contributed by atoms with van der Waals surface area (Å²) in [5.41, 5.74) is 2.47. The number of fused-ring (bicyclic) bond motifs is 1. The van der Waals surface area contributed by atoms with E-state index >= 15 is 0 Å². The zero-order valence-electron chi connectivity index (χ0n) is 18.4. The third-order valence-corrected chi connectivity index (χ3v) is 6.97. The Balaban J connectivity index is 1.34. The van der Waals surface area contributed by atoms with Crippen LogP contribution in [0.2, 0.25) is 0 Å². The van der Waals surface area contributed by atoms with E-state index in [1.807, 2.05) is 11.9 Å². The minimum absolute atomic E-state index is 0.214. The van der Waals surface area contributed by atoms with Crippen molar-refractivity contribution in [1.82, 2.24) is 19.8 Å². The van der Waals surface area contributed by atoms with Crippen LogP contribution in [0.1, 0.15) is 36.8 Å². The fourth-order valence-electron chi connectivity index (χ4n) is 5.27. The predicted octanol–water partition coefficient (Wildman–Crippen LogP) is 2.52. The highest BCUT2D eigenvalue weighted by Gasteiger charge is 2.34. The van der Waals surface area contributed by atoms with Gasteiger partial charge in [-0.15, -0.1) is 0 Å². The van der Waals surface area contributed by atoms with Gasteiger partial charge in [0, 0.05) is 45.8 Å². The van der Waals surface area contributed by atoms with E-state index < -0.39 is 0 Å². The second-order valence-electron chi connectivity index (χ2n) is 9.06. The lowest BCUT2D eigenvalue weighted by Crippen LogP contribution is -2.47. The summed E-state index contributed by atoms with van der Waals surface area (Å²) in [6.07, 6.45) is 6.34. The Labute approximate surface area is 184 Å². The van der Waals surface area contributed by atoms with Gasteiger partial charge < -0.3 is 14.7 Å². The molecule has 164 valence electrons. The SMILES string of the molecule is CN1CC(=O)N(C2CCCC2)Cc2c1ncnc2N1CCN(Cc2ccccc2)CC1. The molecule has 1 amide bonds. The summed E-state index contributed by atoms with van der Waals surface area (Å²) in [5, 5.41) is 0. The zero-order chi connectivity index (χ0) is 21.2. The van der Waals surface area contributed by atoms with Gasteiger partial charge in [0.15, 0.2) is 0 Å². The molecule has 1 aromatic heterocycles. The number of carbonyl (C=O) groups is 1. The molecule has 7 heteroatoms. The van der Waals surface area contributed by atoms with Crippen molar-refractivity contribution < 1.29 is 4.79 Å². The highest BCUT2D eigenvalue weighted by Crippen LogP contribution is 2.33. The van der Waals surface area contributed by atoms with Crippen molar-refractivity contribution in [3.63, 3.8) is 0 Å². The first kappa shape index (κ1) is 20.2. The van der Waals surface area contributed by atoms with E-state index in [0.29, 0.717) is 19.1 Å². The van der Waals surface area contributed by atoms with E-state index in [4.69, 9.17) is 4.98 Å². The van der Waals surface area contributed by atoms with Gasteiger partial charge in [-0.3, -0.25) is 9.69 Å². The van der Waals surface area contributed by atoms with Crippen LogP contribution in [0.5, 0.6) is 0 Å². The molecule has 5 rings (SSSR count). The number of likely N-dealkylation sites (N-methyl/N-ethyl adjacent to an activating group) is 1. The number of amides is 1. The van der Waals surface area contributed by atoms with Gasteiger partial charge in [-0.05, 0) is 18.4 Å².